The van der Waals surface area contributed by atoms with Gasteiger partial charge in [-0.15, -0.1) is 34.5 Å². The lowest BCUT2D eigenvalue weighted by Crippen LogP contribution is -2.32. The van der Waals surface area contributed by atoms with Gasteiger partial charge in [0.05, 0.1) is 25.3 Å². The Hall–Kier alpha value is -0.970. The second-order valence-electron chi connectivity index (χ2n) is 4.87. The molecule has 1 atom stereocenters. The van der Waals surface area contributed by atoms with Gasteiger partial charge in [-0.1, -0.05) is 6.07 Å². The van der Waals surface area contributed by atoms with E-state index in [1.165, 1.54) is 0 Å². The molecule has 2 heterocycles. The zero-order valence-corrected chi connectivity index (χ0v) is 12.9. The Balaban J connectivity index is 1.74. The average molecular weight is 330 g/mol. The van der Waals surface area contributed by atoms with Crippen molar-refractivity contribution in [2.24, 2.45) is 5.92 Å². The zero-order chi connectivity index (χ0) is 14.2. The summed E-state index contributed by atoms with van der Waals surface area (Å²) in [5, 5.41) is 2.00. The summed E-state index contributed by atoms with van der Waals surface area (Å²) >= 11 is 13.6. The molecule has 106 valence electrons. The fraction of sp³-hybridized carbons (Fsp3) is 0.357. The maximum Gasteiger partial charge on any atom is 0.229 e. The first-order valence-electron chi connectivity index (χ1n) is 6.27. The molecule has 1 aliphatic rings. The molecule has 0 spiro atoms. The Morgan fingerprint density at radius 3 is 2.75 bits per heavy atom. The highest BCUT2D eigenvalue weighted by atomic mass is 35.5. The van der Waals surface area contributed by atoms with Crippen LogP contribution in [0.25, 0.3) is 0 Å². The summed E-state index contributed by atoms with van der Waals surface area (Å²) in [6, 6.07) is 7.65. The molecular weight excluding hydrogens is 317 g/mol. The van der Waals surface area contributed by atoms with Gasteiger partial charge in [0.25, 0.3) is 0 Å². The molecule has 0 saturated heterocycles. The van der Waals surface area contributed by atoms with Crippen LogP contribution in [-0.4, -0.2) is 15.1 Å². The number of rotatable bonds is 5. The highest BCUT2D eigenvalue weighted by Crippen LogP contribution is 2.54. The first kappa shape index (κ1) is 14.0. The number of alkyl halides is 2. The molecule has 1 fully saturated rings. The number of amides is 1. The van der Waals surface area contributed by atoms with Crippen molar-refractivity contribution < 1.29 is 9.21 Å². The molecule has 2 aromatic heterocycles. The standard InChI is InChI=1S/C14H13Cl2NO2S/c15-14(16)7-12(14)13(18)17(8-10-3-1-5-19-10)9-11-4-2-6-20-11/h1-6,12H,7-9H2. The SMILES string of the molecule is O=C(C1CC1(Cl)Cl)N(Cc1ccco1)Cc1cccs1. The number of carbonyl (C=O) groups excluding carboxylic acids is 1. The van der Waals surface area contributed by atoms with Crippen molar-refractivity contribution in [2.75, 3.05) is 0 Å². The quantitative estimate of drug-likeness (QED) is 0.775. The summed E-state index contributed by atoms with van der Waals surface area (Å²) in [5.41, 5.74) is 0. The van der Waals surface area contributed by atoms with Crippen LogP contribution in [0.4, 0.5) is 0 Å². The maximum atomic E-state index is 12.5. The normalized spacial score (nSPS) is 19.8. The van der Waals surface area contributed by atoms with E-state index in [0.29, 0.717) is 19.5 Å². The molecule has 6 heteroatoms. The van der Waals surface area contributed by atoms with Gasteiger partial charge in [-0.25, -0.2) is 0 Å². The van der Waals surface area contributed by atoms with Gasteiger partial charge in [-0.3, -0.25) is 4.79 Å². The number of halogens is 2. The third-order valence-corrected chi connectivity index (χ3v) is 4.99. The monoisotopic (exact) mass is 329 g/mol. The fourth-order valence-corrected chi connectivity index (χ4v) is 3.31. The molecule has 20 heavy (non-hydrogen) atoms. The first-order chi connectivity index (χ1) is 9.56. The van der Waals surface area contributed by atoms with Crippen LogP contribution >= 0.6 is 34.5 Å². The van der Waals surface area contributed by atoms with Crippen LogP contribution in [0.5, 0.6) is 0 Å². The van der Waals surface area contributed by atoms with Crippen molar-refractivity contribution in [2.45, 2.75) is 23.8 Å². The first-order valence-corrected chi connectivity index (χ1v) is 7.91. The summed E-state index contributed by atoms with van der Waals surface area (Å²) in [4.78, 5) is 15.4. The molecule has 0 aliphatic heterocycles. The van der Waals surface area contributed by atoms with Crippen LogP contribution in [0, 0.1) is 5.92 Å². The Morgan fingerprint density at radius 1 is 1.40 bits per heavy atom. The Kier molecular flexibility index (Phi) is 3.80. The lowest BCUT2D eigenvalue weighted by Gasteiger charge is -2.21. The van der Waals surface area contributed by atoms with E-state index in [1.54, 1.807) is 22.5 Å². The topological polar surface area (TPSA) is 33.5 Å². The molecule has 0 radical (unpaired) electrons. The van der Waals surface area contributed by atoms with Crippen molar-refractivity contribution >= 4 is 40.4 Å². The molecule has 1 saturated carbocycles. The minimum absolute atomic E-state index is 0.0141. The second kappa shape index (κ2) is 5.43. The smallest absolute Gasteiger partial charge is 0.229 e. The van der Waals surface area contributed by atoms with Gasteiger partial charge in [-0.05, 0) is 30.0 Å². The second-order valence-corrected chi connectivity index (χ2v) is 7.45. The predicted molar refractivity (Wildman–Crippen MR) is 79.8 cm³/mol. The Morgan fingerprint density at radius 2 is 2.20 bits per heavy atom. The van der Waals surface area contributed by atoms with E-state index >= 15 is 0 Å². The number of furan rings is 1. The van der Waals surface area contributed by atoms with Gasteiger partial charge in [0.1, 0.15) is 10.1 Å². The molecule has 0 aromatic carbocycles. The van der Waals surface area contributed by atoms with Gasteiger partial charge in [0, 0.05) is 4.88 Å². The molecule has 1 unspecified atom stereocenters. The van der Waals surface area contributed by atoms with Crippen molar-refractivity contribution in [3.8, 4) is 0 Å². The van der Waals surface area contributed by atoms with Crippen molar-refractivity contribution in [3.63, 3.8) is 0 Å². The molecule has 3 rings (SSSR count). The average Bonchev–Trinajstić information content (AvgIpc) is 2.88. The summed E-state index contributed by atoms with van der Waals surface area (Å²) in [7, 11) is 0. The minimum Gasteiger partial charge on any atom is -0.467 e. The number of carbonyl (C=O) groups is 1. The predicted octanol–water partition coefficient (Wildman–Crippen LogP) is 4.06. The van der Waals surface area contributed by atoms with Gasteiger partial charge in [-0.2, -0.15) is 0 Å². The van der Waals surface area contributed by atoms with Crippen LogP contribution in [0.15, 0.2) is 40.3 Å². The number of hydrogen-bond donors (Lipinski definition) is 0. The highest BCUT2D eigenvalue weighted by molar-refractivity contribution is 7.09. The largest absolute Gasteiger partial charge is 0.467 e. The number of thiophene rings is 1. The summed E-state index contributed by atoms with van der Waals surface area (Å²) in [6.07, 6.45) is 2.13. The Bertz CT molecular complexity index is 544. The van der Waals surface area contributed by atoms with E-state index in [2.05, 4.69) is 0 Å². The lowest BCUT2D eigenvalue weighted by molar-refractivity contribution is -0.134. The van der Waals surface area contributed by atoms with Gasteiger partial charge in [0.2, 0.25) is 5.91 Å². The van der Waals surface area contributed by atoms with Crippen molar-refractivity contribution in [1.82, 2.24) is 4.90 Å². The molecule has 3 nitrogen and oxygen atoms in total. The summed E-state index contributed by atoms with van der Waals surface area (Å²) < 4.78 is 4.43. The fourth-order valence-electron chi connectivity index (χ4n) is 2.09. The minimum atomic E-state index is -0.895. The van der Waals surface area contributed by atoms with E-state index < -0.39 is 4.33 Å². The van der Waals surface area contributed by atoms with E-state index in [0.717, 1.165) is 10.6 Å². The molecule has 1 amide bonds. The van der Waals surface area contributed by atoms with Crippen LogP contribution in [0.2, 0.25) is 0 Å². The van der Waals surface area contributed by atoms with Crippen LogP contribution < -0.4 is 0 Å². The van der Waals surface area contributed by atoms with Gasteiger partial charge >= 0.3 is 0 Å². The van der Waals surface area contributed by atoms with Crippen molar-refractivity contribution in [3.05, 3.63) is 46.5 Å². The molecule has 1 aliphatic carbocycles. The third kappa shape index (κ3) is 3.03. The van der Waals surface area contributed by atoms with E-state index in [-0.39, 0.29) is 11.8 Å². The van der Waals surface area contributed by atoms with Gasteiger partial charge in [0.15, 0.2) is 0 Å². The zero-order valence-electron chi connectivity index (χ0n) is 10.6. The third-order valence-electron chi connectivity index (χ3n) is 3.29. The molecular formula is C14H13Cl2NO2S. The van der Waals surface area contributed by atoms with Crippen molar-refractivity contribution in [1.29, 1.82) is 0 Å². The number of nitrogens with zero attached hydrogens (tertiary/aromatic N) is 1. The number of hydrogen-bond acceptors (Lipinski definition) is 3. The summed E-state index contributed by atoms with van der Waals surface area (Å²) in [5.74, 6) is 0.436. The van der Waals surface area contributed by atoms with Gasteiger partial charge < -0.3 is 9.32 Å². The van der Waals surface area contributed by atoms with Crippen LogP contribution in [0.1, 0.15) is 17.1 Å². The lowest BCUT2D eigenvalue weighted by atomic mass is 10.3. The van der Waals surface area contributed by atoms with Crippen LogP contribution in [0.3, 0.4) is 0 Å². The van der Waals surface area contributed by atoms with Crippen LogP contribution in [-0.2, 0) is 17.9 Å². The summed E-state index contributed by atoms with van der Waals surface area (Å²) in [6.45, 7) is 0.988. The molecule has 0 bridgehead atoms. The molecule has 2 aromatic rings. The highest BCUT2D eigenvalue weighted by Gasteiger charge is 2.57. The van der Waals surface area contributed by atoms with E-state index in [4.69, 9.17) is 27.6 Å². The van der Waals surface area contributed by atoms with E-state index in [1.807, 2.05) is 29.6 Å². The van der Waals surface area contributed by atoms with E-state index in [9.17, 15) is 4.79 Å². The molecule has 0 N–H and O–H groups in total. The Labute approximate surface area is 131 Å². The maximum absolute atomic E-state index is 12.5.